The molecule has 4 rings (SSSR count). The predicted molar refractivity (Wildman–Crippen MR) is 159 cm³/mol. The lowest BCUT2D eigenvalue weighted by Gasteiger charge is -2.29. The zero-order valence-corrected chi connectivity index (χ0v) is 25.3. The van der Waals surface area contributed by atoms with Crippen molar-refractivity contribution in [1.82, 2.24) is 4.98 Å². The molecule has 1 aliphatic rings. The number of amides is 1. The Hall–Kier alpha value is -4.02. The summed E-state index contributed by atoms with van der Waals surface area (Å²) in [6.07, 6.45) is -6.70. The van der Waals surface area contributed by atoms with Gasteiger partial charge in [0, 0.05) is 29.4 Å². The average molecular weight is 653 g/mol. The number of aromatic nitrogens is 1. The summed E-state index contributed by atoms with van der Waals surface area (Å²) < 4.78 is 72.7. The third-order valence-corrected chi connectivity index (χ3v) is 7.32. The molecule has 3 aromatic rings. The molecule has 0 aliphatic carbocycles. The maximum Gasteiger partial charge on any atom is 0.417 e. The van der Waals surface area contributed by atoms with Crippen LogP contribution in [0.15, 0.2) is 53.3 Å². The van der Waals surface area contributed by atoms with Crippen LogP contribution in [0.25, 0.3) is 22.0 Å². The van der Waals surface area contributed by atoms with Crippen LogP contribution in [-0.4, -0.2) is 100 Å². The Morgan fingerprint density at radius 3 is 2.22 bits per heavy atom. The van der Waals surface area contributed by atoms with Crippen molar-refractivity contribution in [2.45, 2.75) is 24.8 Å². The second kappa shape index (κ2) is 15.5. The van der Waals surface area contributed by atoms with Crippen LogP contribution in [0.2, 0.25) is 0 Å². The molecule has 1 aromatic heterocycles. The minimum atomic E-state index is -4.63. The number of cyclic esters (lactones) is 1. The molecule has 1 aliphatic heterocycles. The standard InChI is InChI=1S/C31H35F3N2O10/c1-30(28(38)39,45-16-15-44-14-13-43-12-11-42-10-9-41-2)26-19-36(29(40)46-26)21-8-7-20-17-25(35-27(37)23(20)18-21)22-5-3-4-6-24(22)31(32,33)34/h3-8,17-18,26H,9-16,19H2,1-2H3,(H,35,37)(H,38,39)/t26?,30-/m0/s1. The number of carbonyl (C=O) groups is 2. The number of carboxylic acid groups (broad SMARTS) is 1. The maximum absolute atomic E-state index is 13.6. The molecule has 2 heterocycles. The number of halogens is 3. The van der Waals surface area contributed by atoms with E-state index < -0.39 is 41.1 Å². The molecule has 1 amide bonds. The van der Waals surface area contributed by atoms with E-state index in [2.05, 4.69) is 4.98 Å². The van der Waals surface area contributed by atoms with Crippen LogP contribution in [-0.2, 0) is 39.4 Å². The number of aliphatic carboxylic acids is 1. The summed E-state index contributed by atoms with van der Waals surface area (Å²) in [5.41, 5.74) is -3.46. The number of alkyl halides is 3. The zero-order valence-electron chi connectivity index (χ0n) is 25.3. The summed E-state index contributed by atoms with van der Waals surface area (Å²) in [7, 11) is 1.58. The van der Waals surface area contributed by atoms with Gasteiger partial charge in [-0.1, -0.05) is 24.3 Å². The van der Waals surface area contributed by atoms with E-state index in [-0.39, 0.29) is 48.7 Å². The number of aromatic amines is 1. The molecule has 1 saturated heterocycles. The van der Waals surface area contributed by atoms with E-state index in [4.69, 9.17) is 28.4 Å². The molecule has 2 atom stereocenters. The van der Waals surface area contributed by atoms with Gasteiger partial charge in [0.25, 0.3) is 5.56 Å². The van der Waals surface area contributed by atoms with Crippen molar-refractivity contribution in [3.63, 3.8) is 0 Å². The van der Waals surface area contributed by atoms with Crippen molar-refractivity contribution in [2.75, 3.05) is 71.4 Å². The Morgan fingerprint density at radius 1 is 0.957 bits per heavy atom. The van der Waals surface area contributed by atoms with Crippen LogP contribution in [0.1, 0.15) is 12.5 Å². The number of pyridine rings is 1. The molecule has 0 bridgehead atoms. The van der Waals surface area contributed by atoms with Gasteiger partial charge < -0.3 is 38.5 Å². The van der Waals surface area contributed by atoms with Crippen molar-refractivity contribution in [3.8, 4) is 11.3 Å². The first-order chi connectivity index (χ1) is 22.0. The molecule has 12 nitrogen and oxygen atoms in total. The Balaban J connectivity index is 1.37. The van der Waals surface area contributed by atoms with E-state index in [1.807, 2.05) is 0 Å². The predicted octanol–water partition coefficient (Wildman–Crippen LogP) is 4.10. The molecule has 0 radical (unpaired) electrons. The Kier molecular flexibility index (Phi) is 11.8. The third kappa shape index (κ3) is 8.41. The highest BCUT2D eigenvalue weighted by Crippen LogP contribution is 2.37. The summed E-state index contributed by atoms with van der Waals surface area (Å²) in [6, 6.07) is 10.7. The lowest BCUT2D eigenvalue weighted by molar-refractivity contribution is -0.178. The number of benzene rings is 2. The highest BCUT2D eigenvalue weighted by Gasteiger charge is 2.51. The lowest BCUT2D eigenvalue weighted by Crippen LogP contribution is -2.51. The first kappa shape index (κ1) is 34.8. The van der Waals surface area contributed by atoms with E-state index in [9.17, 15) is 32.7 Å². The van der Waals surface area contributed by atoms with Gasteiger partial charge in [-0.25, -0.2) is 9.59 Å². The minimum Gasteiger partial charge on any atom is -0.479 e. The lowest BCUT2D eigenvalue weighted by atomic mass is 9.98. The highest BCUT2D eigenvalue weighted by molar-refractivity contribution is 5.95. The second-order valence-electron chi connectivity index (χ2n) is 10.4. The van der Waals surface area contributed by atoms with E-state index in [0.29, 0.717) is 38.4 Å². The summed E-state index contributed by atoms with van der Waals surface area (Å²) in [6.45, 7) is 3.34. The first-order valence-corrected chi connectivity index (χ1v) is 14.4. The molecule has 15 heteroatoms. The highest BCUT2D eigenvalue weighted by atomic mass is 19.4. The largest absolute Gasteiger partial charge is 0.479 e. The van der Waals surface area contributed by atoms with Gasteiger partial charge in [-0.15, -0.1) is 0 Å². The van der Waals surface area contributed by atoms with Gasteiger partial charge >= 0.3 is 18.2 Å². The van der Waals surface area contributed by atoms with Gasteiger partial charge in [0.1, 0.15) is 0 Å². The number of anilines is 1. The normalized spacial score (nSPS) is 16.5. The molecule has 250 valence electrons. The summed E-state index contributed by atoms with van der Waals surface area (Å²) in [4.78, 5) is 41.7. The second-order valence-corrected chi connectivity index (χ2v) is 10.4. The van der Waals surface area contributed by atoms with Gasteiger partial charge in [0.2, 0.25) is 5.60 Å². The van der Waals surface area contributed by atoms with Crippen LogP contribution in [0.4, 0.5) is 23.7 Å². The molecule has 1 unspecified atom stereocenters. The number of nitrogens with one attached hydrogen (secondary N) is 1. The van der Waals surface area contributed by atoms with Gasteiger partial charge in [-0.05, 0) is 36.6 Å². The topological polar surface area (TPSA) is 146 Å². The van der Waals surface area contributed by atoms with E-state index in [1.165, 1.54) is 49.4 Å². The number of rotatable bonds is 17. The van der Waals surface area contributed by atoms with Gasteiger partial charge in [-0.3, -0.25) is 9.69 Å². The summed E-state index contributed by atoms with van der Waals surface area (Å²) in [5, 5.41) is 10.4. The molecular formula is C31H35F3N2O10. The van der Waals surface area contributed by atoms with Crippen LogP contribution < -0.4 is 10.5 Å². The Morgan fingerprint density at radius 2 is 1.59 bits per heavy atom. The number of nitrogens with zero attached hydrogens (tertiary/aromatic N) is 1. The number of ether oxygens (including phenoxy) is 6. The number of H-pyrrole nitrogens is 1. The van der Waals surface area contributed by atoms with Crippen molar-refractivity contribution in [3.05, 3.63) is 64.4 Å². The van der Waals surface area contributed by atoms with E-state index in [1.54, 1.807) is 7.11 Å². The van der Waals surface area contributed by atoms with E-state index >= 15 is 0 Å². The number of carbonyl (C=O) groups excluding carboxylic acids is 1. The Labute approximate surface area is 261 Å². The van der Waals surface area contributed by atoms with Crippen LogP contribution >= 0.6 is 0 Å². The fourth-order valence-electron chi connectivity index (χ4n) is 4.78. The molecule has 2 N–H and O–H groups in total. The average Bonchev–Trinajstić information content (AvgIpc) is 3.42. The smallest absolute Gasteiger partial charge is 0.417 e. The van der Waals surface area contributed by atoms with Gasteiger partial charge in [0.15, 0.2) is 6.10 Å². The van der Waals surface area contributed by atoms with Crippen molar-refractivity contribution < 1.29 is 56.3 Å². The SMILES string of the molecule is COCCOCCOCCOCCO[C@](C)(C(=O)O)C1CN(c2ccc3cc(-c4ccccc4C(F)(F)F)[nH]c(=O)c3c2)C(=O)O1. The number of hydrogen-bond donors (Lipinski definition) is 2. The number of methoxy groups -OCH3 is 1. The zero-order chi connectivity index (χ0) is 33.3. The van der Waals surface area contributed by atoms with Crippen molar-refractivity contribution >= 4 is 28.5 Å². The molecule has 0 spiro atoms. The van der Waals surface area contributed by atoms with E-state index in [0.717, 1.165) is 11.0 Å². The van der Waals surface area contributed by atoms with Crippen LogP contribution in [0.5, 0.6) is 0 Å². The maximum atomic E-state index is 13.6. The van der Waals surface area contributed by atoms with Gasteiger partial charge in [-0.2, -0.15) is 13.2 Å². The fourth-order valence-corrected chi connectivity index (χ4v) is 4.78. The fraction of sp³-hybridized carbons (Fsp3) is 0.452. The Bertz CT molecular complexity index is 1560. The quantitative estimate of drug-likeness (QED) is 0.205. The first-order valence-electron chi connectivity index (χ1n) is 14.4. The molecule has 0 saturated carbocycles. The summed E-state index contributed by atoms with van der Waals surface area (Å²) >= 11 is 0. The van der Waals surface area contributed by atoms with Gasteiger partial charge in [0.05, 0.1) is 65.0 Å². The number of fused-ring (bicyclic) bond motifs is 1. The van der Waals surface area contributed by atoms with Crippen molar-refractivity contribution in [1.29, 1.82) is 0 Å². The van der Waals surface area contributed by atoms with Crippen molar-refractivity contribution in [2.24, 2.45) is 0 Å². The van der Waals surface area contributed by atoms with Crippen LogP contribution in [0.3, 0.4) is 0 Å². The molecule has 46 heavy (non-hydrogen) atoms. The number of carboxylic acids is 1. The third-order valence-electron chi connectivity index (χ3n) is 7.32. The van der Waals surface area contributed by atoms with Crippen LogP contribution in [0, 0.1) is 0 Å². The summed E-state index contributed by atoms with van der Waals surface area (Å²) in [5.74, 6) is -1.36. The monoisotopic (exact) mass is 652 g/mol. The molecule has 2 aromatic carbocycles. The minimum absolute atomic E-state index is 0.0204. The molecular weight excluding hydrogens is 617 g/mol. The number of hydrogen-bond acceptors (Lipinski definition) is 9. The molecule has 1 fully saturated rings.